The third-order valence-corrected chi connectivity index (χ3v) is 3.68. The number of aromatic hydroxyl groups is 2. The van der Waals surface area contributed by atoms with E-state index in [4.69, 9.17) is 9.47 Å². The first-order valence-electron chi connectivity index (χ1n) is 7.17. The van der Waals surface area contributed by atoms with Crippen LogP contribution in [0.4, 0.5) is 0 Å². The second-order valence-electron chi connectivity index (χ2n) is 5.41. The molecule has 0 amide bonds. The number of hydrogen-bond acceptors (Lipinski definition) is 4. The van der Waals surface area contributed by atoms with Gasteiger partial charge >= 0.3 is 0 Å². The Labute approximate surface area is 130 Å². The van der Waals surface area contributed by atoms with Crippen molar-refractivity contribution in [1.82, 2.24) is 0 Å². The molecule has 0 spiro atoms. The number of phenolic OH excluding ortho intramolecular Hbond substituents is 2. The van der Waals surface area contributed by atoms with E-state index >= 15 is 0 Å². The van der Waals surface area contributed by atoms with Crippen molar-refractivity contribution in [2.75, 3.05) is 14.2 Å². The van der Waals surface area contributed by atoms with E-state index in [9.17, 15) is 10.2 Å². The molecule has 0 aliphatic rings. The van der Waals surface area contributed by atoms with Gasteiger partial charge in [-0.05, 0) is 22.8 Å². The van der Waals surface area contributed by atoms with Gasteiger partial charge in [-0.15, -0.1) is 0 Å². The second kappa shape index (κ2) is 7.29. The van der Waals surface area contributed by atoms with E-state index in [0.29, 0.717) is 13.2 Å². The topological polar surface area (TPSA) is 58.9 Å². The lowest BCUT2D eigenvalue weighted by Gasteiger charge is -2.17. The van der Waals surface area contributed by atoms with E-state index < -0.39 is 0 Å². The van der Waals surface area contributed by atoms with Crippen molar-refractivity contribution in [3.05, 3.63) is 58.7 Å². The number of hydrogen-bond donors (Lipinski definition) is 2. The van der Waals surface area contributed by atoms with E-state index in [-0.39, 0.29) is 17.4 Å². The Balaban J connectivity index is 2.40. The number of phenols is 2. The summed E-state index contributed by atoms with van der Waals surface area (Å²) in [5.41, 5.74) is 3.98. The minimum absolute atomic E-state index is 0.00647. The van der Waals surface area contributed by atoms with E-state index in [2.05, 4.69) is 18.2 Å². The van der Waals surface area contributed by atoms with Crippen molar-refractivity contribution < 1.29 is 19.7 Å². The van der Waals surface area contributed by atoms with Gasteiger partial charge in [0.15, 0.2) is 0 Å². The molecule has 1 atom stereocenters. The summed E-state index contributed by atoms with van der Waals surface area (Å²) in [6, 6.07) is 10.9. The predicted molar refractivity (Wildman–Crippen MR) is 85.2 cm³/mol. The maximum atomic E-state index is 10.1. The molecular weight excluding hydrogens is 280 g/mol. The minimum Gasteiger partial charge on any atom is -0.508 e. The molecule has 0 aliphatic heterocycles. The lowest BCUT2D eigenvalue weighted by atomic mass is 9.90. The molecule has 4 nitrogen and oxygen atoms in total. The third-order valence-electron chi connectivity index (χ3n) is 3.68. The lowest BCUT2D eigenvalue weighted by molar-refractivity contribution is 0.180. The van der Waals surface area contributed by atoms with Crippen LogP contribution in [0.25, 0.3) is 0 Å². The fourth-order valence-corrected chi connectivity index (χ4v) is 2.62. The fraction of sp³-hybridized carbons (Fsp3) is 0.333. The molecule has 2 aromatic carbocycles. The maximum absolute atomic E-state index is 10.1. The van der Waals surface area contributed by atoms with Crippen LogP contribution in [0.5, 0.6) is 11.5 Å². The van der Waals surface area contributed by atoms with E-state index in [1.165, 1.54) is 6.07 Å². The average molecular weight is 302 g/mol. The monoisotopic (exact) mass is 302 g/mol. The van der Waals surface area contributed by atoms with Crippen LogP contribution < -0.4 is 0 Å². The van der Waals surface area contributed by atoms with Crippen LogP contribution in [0, 0.1) is 0 Å². The molecule has 118 valence electrons. The molecule has 0 saturated carbocycles. The van der Waals surface area contributed by atoms with Crippen molar-refractivity contribution in [3.8, 4) is 11.5 Å². The van der Waals surface area contributed by atoms with Crippen LogP contribution in [0.3, 0.4) is 0 Å². The van der Waals surface area contributed by atoms with Crippen molar-refractivity contribution in [2.45, 2.75) is 26.1 Å². The van der Waals surface area contributed by atoms with Gasteiger partial charge in [-0.25, -0.2) is 0 Å². The van der Waals surface area contributed by atoms with Gasteiger partial charge in [0.25, 0.3) is 0 Å². The molecular formula is C18H22O4. The van der Waals surface area contributed by atoms with Crippen molar-refractivity contribution in [3.63, 3.8) is 0 Å². The summed E-state index contributed by atoms with van der Waals surface area (Å²) in [5.74, 6) is 0.146. The number of rotatable bonds is 6. The number of methoxy groups -OCH3 is 2. The first-order valence-corrected chi connectivity index (χ1v) is 7.17. The van der Waals surface area contributed by atoms with Crippen LogP contribution in [-0.2, 0) is 22.7 Å². The zero-order valence-corrected chi connectivity index (χ0v) is 13.2. The van der Waals surface area contributed by atoms with Crippen LogP contribution >= 0.6 is 0 Å². The standard InChI is InChI=1S/C18H22O4/c1-12(17-5-4-16(19)9-18(17)20)15-7-13(10-21-2)6-14(8-15)11-22-3/h4-9,12,19-20H,10-11H2,1-3H3. The molecule has 2 N–H and O–H groups in total. The Bertz CT molecular complexity index is 613. The summed E-state index contributed by atoms with van der Waals surface area (Å²) >= 11 is 0. The summed E-state index contributed by atoms with van der Waals surface area (Å²) in [6.45, 7) is 3.08. The van der Waals surface area contributed by atoms with Crippen molar-refractivity contribution in [2.24, 2.45) is 0 Å². The zero-order chi connectivity index (χ0) is 16.1. The molecule has 0 saturated heterocycles. The largest absolute Gasteiger partial charge is 0.508 e. The van der Waals surface area contributed by atoms with Gasteiger partial charge in [-0.3, -0.25) is 0 Å². The SMILES string of the molecule is COCc1cc(COC)cc(C(C)c2ccc(O)cc2O)c1. The highest BCUT2D eigenvalue weighted by Crippen LogP contribution is 2.34. The molecule has 2 rings (SSSR count). The number of benzene rings is 2. The van der Waals surface area contributed by atoms with Gasteiger partial charge in [0, 0.05) is 31.8 Å². The fourth-order valence-electron chi connectivity index (χ4n) is 2.62. The van der Waals surface area contributed by atoms with E-state index in [1.807, 2.05) is 6.92 Å². The Morgan fingerprint density at radius 2 is 1.50 bits per heavy atom. The Hall–Kier alpha value is -2.04. The summed E-state index contributed by atoms with van der Waals surface area (Å²) < 4.78 is 10.4. The van der Waals surface area contributed by atoms with Crippen molar-refractivity contribution >= 4 is 0 Å². The van der Waals surface area contributed by atoms with Gasteiger partial charge in [-0.2, -0.15) is 0 Å². The van der Waals surface area contributed by atoms with Gasteiger partial charge < -0.3 is 19.7 Å². The quantitative estimate of drug-likeness (QED) is 0.857. The molecule has 2 aromatic rings. The van der Waals surface area contributed by atoms with E-state index in [0.717, 1.165) is 22.3 Å². The summed E-state index contributed by atoms with van der Waals surface area (Å²) in [5, 5.41) is 19.5. The predicted octanol–water partition coefficient (Wildman–Crippen LogP) is 3.54. The zero-order valence-electron chi connectivity index (χ0n) is 13.2. The minimum atomic E-state index is -0.00647. The summed E-state index contributed by atoms with van der Waals surface area (Å²) in [4.78, 5) is 0. The van der Waals surface area contributed by atoms with Crippen LogP contribution in [0.2, 0.25) is 0 Å². The van der Waals surface area contributed by atoms with Gasteiger partial charge in [0.2, 0.25) is 0 Å². The molecule has 4 heteroatoms. The highest BCUT2D eigenvalue weighted by Gasteiger charge is 2.15. The molecule has 0 aliphatic carbocycles. The van der Waals surface area contributed by atoms with Crippen LogP contribution in [0.1, 0.15) is 35.1 Å². The third kappa shape index (κ3) is 3.78. The Morgan fingerprint density at radius 3 is 2.00 bits per heavy atom. The first-order chi connectivity index (χ1) is 10.5. The van der Waals surface area contributed by atoms with Crippen molar-refractivity contribution in [1.29, 1.82) is 0 Å². The Morgan fingerprint density at radius 1 is 0.909 bits per heavy atom. The first kappa shape index (κ1) is 16.3. The lowest BCUT2D eigenvalue weighted by Crippen LogP contribution is -2.01. The molecule has 0 fully saturated rings. The van der Waals surface area contributed by atoms with E-state index in [1.54, 1.807) is 26.4 Å². The smallest absolute Gasteiger partial charge is 0.123 e. The normalized spacial score (nSPS) is 12.3. The van der Waals surface area contributed by atoms with Gasteiger partial charge in [0.05, 0.1) is 13.2 Å². The molecule has 0 radical (unpaired) electrons. The molecule has 0 bridgehead atoms. The molecule has 1 unspecified atom stereocenters. The highest BCUT2D eigenvalue weighted by atomic mass is 16.5. The molecule has 0 aromatic heterocycles. The van der Waals surface area contributed by atoms with Gasteiger partial charge in [-0.1, -0.05) is 31.2 Å². The highest BCUT2D eigenvalue weighted by molar-refractivity contribution is 5.46. The Kier molecular flexibility index (Phi) is 5.41. The van der Waals surface area contributed by atoms with Gasteiger partial charge in [0.1, 0.15) is 11.5 Å². The van der Waals surface area contributed by atoms with Crippen LogP contribution in [-0.4, -0.2) is 24.4 Å². The molecule has 22 heavy (non-hydrogen) atoms. The van der Waals surface area contributed by atoms with Crippen LogP contribution in [0.15, 0.2) is 36.4 Å². The summed E-state index contributed by atoms with van der Waals surface area (Å²) in [6.07, 6.45) is 0. The maximum Gasteiger partial charge on any atom is 0.123 e. The average Bonchev–Trinajstić information content (AvgIpc) is 2.47. The number of ether oxygens (including phenoxy) is 2. The molecule has 0 heterocycles. The summed E-state index contributed by atoms with van der Waals surface area (Å²) in [7, 11) is 3.33. The second-order valence-corrected chi connectivity index (χ2v) is 5.41.